The van der Waals surface area contributed by atoms with Gasteiger partial charge in [-0.05, 0) is 18.1 Å². The molecule has 0 aromatic rings. The fourth-order valence-corrected chi connectivity index (χ4v) is 0.875. The van der Waals surface area contributed by atoms with Crippen LogP contribution in [0.15, 0.2) is 5.16 Å². The SMILES string of the molecule is C=NOC(=S)CC(C)CC. The van der Waals surface area contributed by atoms with E-state index >= 15 is 0 Å². The molecular weight excluding hydrogens is 146 g/mol. The van der Waals surface area contributed by atoms with Crippen molar-refractivity contribution in [2.45, 2.75) is 26.7 Å². The quantitative estimate of drug-likeness (QED) is 0.357. The predicted molar refractivity (Wildman–Crippen MR) is 47.3 cm³/mol. The fraction of sp³-hybridized carbons (Fsp3) is 0.714. The first-order valence-electron chi connectivity index (χ1n) is 3.36. The first kappa shape index (κ1) is 9.56. The summed E-state index contributed by atoms with van der Waals surface area (Å²) >= 11 is 4.84. The van der Waals surface area contributed by atoms with Crippen molar-refractivity contribution in [3.63, 3.8) is 0 Å². The van der Waals surface area contributed by atoms with E-state index in [1.54, 1.807) is 0 Å². The Bertz CT molecular complexity index is 125. The van der Waals surface area contributed by atoms with E-state index < -0.39 is 0 Å². The summed E-state index contributed by atoms with van der Waals surface area (Å²) in [5.41, 5.74) is 0. The molecule has 0 saturated carbocycles. The molecule has 0 aliphatic rings. The van der Waals surface area contributed by atoms with E-state index in [1.165, 1.54) is 0 Å². The maximum absolute atomic E-state index is 4.84. The Hall–Kier alpha value is -0.440. The van der Waals surface area contributed by atoms with Crippen LogP contribution in [0, 0.1) is 5.92 Å². The number of thiocarbonyl (C=S) groups is 1. The van der Waals surface area contributed by atoms with Crippen molar-refractivity contribution in [2.75, 3.05) is 0 Å². The molecule has 0 rings (SSSR count). The van der Waals surface area contributed by atoms with Crippen molar-refractivity contribution < 1.29 is 4.84 Å². The minimum atomic E-state index is 0.532. The molecule has 0 N–H and O–H groups in total. The van der Waals surface area contributed by atoms with Crippen LogP contribution in [-0.4, -0.2) is 11.8 Å². The minimum Gasteiger partial charge on any atom is -0.350 e. The number of hydrogen-bond acceptors (Lipinski definition) is 3. The molecule has 0 bridgehead atoms. The molecule has 58 valence electrons. The van der Waals surface area contributed by atoms with Crippen LogP contribution in [0.5, 0.6) is 0 Å². The molecule has 0 aromatic carbocycles. The van der Waals surface area contributed by atoms with Crippen LogP contribution in [0.25, 0.3) is 0 Å². The standard InChI is InChI=1S/C7H13NOS/c1-4-6(2)5-7(10)9-8-3/h6H,3-5H2,1-2H3. The van der Waals surface area contributed by atoms with E-state index in [2.05, 4.69) is 30.6 Å². The van der Waals surface area contributed by atoms with Gasteiger partial charge in [0.15, 0.2) is 5.05 Å². The van der Waals surface area contributed by atoms with Crippen molar-refractivity contribution in [2.24, 2.45) is 11.1 Å². The van der Waals surface area contributed by atoms with Crippen molar-refractivity contribution in [3.05, 3.63) is 0 Å². The zero-order chi connectivity index (χ0) is 7.98. The highest BCUT2D eigenvalue weighted by Gasteiger charge is 2.03. The van der Waals surface area contributed by atoms with Crippen molar-refractivity contribution in [1.29, 1.82) is 0 Å². The summed E-state index contributed by atoms with van der Waals surface area (Å²) in [4.78, 5) is 4.66. The van der Waals surface area contributed by atoms with Gasteiger partial charge in [-0.15, -0.1) is 0 Å². The monoisotopic (exact) mass is 159 g/mol. The van der Waals surface area contributed by atoms with E-state index in [0.29, 0.717) is 11.0 Å². The largest absolute Gasteiger partial charge is 0.350 e. The van der Waals surface area contributed by atoms with E-state index in [-0.39, 0.29) is 0 Å². The highest BCUT2D eigenvalue weighted by Crippen LogP contribution is 2.08. The van der Waals surface area contributed by atoms with Gasteiger partial charge in [-0.3, -0.25) is 0 Å². The van der Waals surface area contributed by atoms with Gasteiger partial charge in [-0.2, -0.15) is 0 Å². The molecule has 2 nitrogen and oxygen atoms in total. The third-order valence-corrected chi connectivity index (χ3v) is 1.62. The lowest BCUT2D eigenvalue weighted by Gasteiger charge is -2.05. The number of oxime groups is 1. The third kappa shape index (κ3) is 4.44. The topological polar surface area (TPSA) is 21.6 Å². The van der Waals surface area contributed by atoms with Crippen LogP contribution < -0.4 is 0 Å². The van der Waals surface area contributed by atoms with E-state index in [4.69, 9.17) is 12.2 Å². The van der Waals surface area contributed by atoms with Crippen LogP contribution >= 0.6 is 12.2 Å². The molecule has 0 aliphatic heterocycles. The molecule has 0 aliphatic carbocycles. The van der Waals surface area contributed by atoms with Gasteiger partial charge in [0, 0.05) is 13.1 Å². The van der Waals surface area contributed by atoms with Crippen LogP contribution in [-0.2, 0) is 4.84 Å². The Labute approximate surface area is 67.3 Å². The summed E-state index contributed by atoms with van der Waals surface area (Å²) < 4.78 is 0. The smallest absolute Gasteiger partial charge is 0.198 e. The second kappa shape index (κ2) is 5.35. The molecule has 1 unspecified atom stereocenters. The van der Waals surface area contributed by atoms with Crippen molar-refractivity contribution >= 4 is 24.0 Å². The summed E-state index contributed by atoms with van der Waals surface area (Å²) in [5.74, 6) is 0.578. The Morgan fingerprint density at radius 1 is 1.80 bits per heavy atom. The van der Waals surface area contributed by atoms with Crippen LogP contribution in [0.2, 0.25) is 0 Å². The lowest BCUT2D eigenvalue weighted by Crippen LogP contribution is -2.03. The molecule has 0 heterocycles. The van der Waals surface area contributed by atoms with Gasteiger partial charge in [0.1, 0.15) is 0 Å². The lowest BCUT2D eigenvalue weighted by molar-refractivity contribution is 0.323. The first-order valence-corrected chi connectivity index (χ1v) is 3.77. The maximum Gasteiger partial charge on any atom is 0.198 e. The molecule has 1 atom stereocenters. The molecule has 0 amide bonds. The average Bonchev–Trinajstić information content (AvgIpc) is 1.88. The Kier molecular flexibility index (Phi) is 5.12. The molecule has 0 aromatic heterocycles. The summed E-state index contributed by atoms with van der Waals surface area (Å²) in [5, 5.41) is 3.76. The maximum atomic E-state index is 4.84. The van der Waals surface area contributed by atoms with Gasteiger partial charge >= 0.3 is 0 Å². The van der Waals surface area contributed by atoms with Gasteiger partial charge in [-0.1, -0.05) is 25.4 Å². The fourth-order valence-electron chi connectivity index (χ4n) is 0.538. The first-order chi connectivity index (χ1) is 4.70. The summed E-state index contributed by atoms with van der Waals surface area (Å²) in [6, 6.07) is 0. The van der Waals surface area contributed by atoms with Gasteiger partial charge in [0.25, 0.3) is 0 Å². The number of nitrogens with zero attached hydrogens (tertiary/aromatic N) is 1. The Morgan fingerprint density at radius 2 is 2.40 bits per heavy atom. The minimum absolute atomic E-state index is 0.532. The second-order valence-corrected chi connectivity index (χ2v) is 2.77. The van der Waals surface area contributed by atoms with Crippen molar-refractivity contribution in [3.8, 4) is 0 Å². The molecule has 0 spiro atoms. The predicted octanol–water partition coefficient (Wildman–Crippen LogP) is 2.38. The van der Waals surface area contributed by atoms with Crippen LogP contribution in [0.4, 0.5) is 0 Å². The number of hydrogen-bond donors (Lipinski definition) is 0. The van der Waals surface area contributed by atoms with Gasteiger partial charge in [-0.25, -0.2) is 0 Å². The Balaban J connectivity index is 3.46. The summed E-state index contributed by atoms with van der Waals surface area (Å²) in [6.07, 6.45) is 1.91. The summed E-state index contributed by atoms with van der Waals surface area (Å²) in [6.45, 7) is 7.42. The Morgan fingerprint density at radius 3 is 2.80 bits per heavy atom. The molecule has 0 saturated heterocycles. The normalized spacial score (nSPS) is 12.2. The highest BCUT2D eigenvalue weighted by atomic mass is 32.1. The zero-order valence-electron chi connectivity index (χ0n) is 6.46. The summed E-state index contributed by atoms with van der Waals surface area (Å²) in [7, 11) is 0. The zero-order valence-corrected chi connectivity index (χ0v) is 7.28. The van der Waals surface area contributed by atoms with Crippen molar-refractivity contribution in [1.82, 2.24) is 0 Å². The average molecular weight is 159 g/mol. The molecule has 10 heavy (non-hydrogen) atoms. The third-order valence-electron chi connectivity index (χ3n) is 1.38. The molecule has 3 heteroatoms. The lowest BCUT2D eigenvalue weighted by atomic mass is 10.1. The van der Waals surface area contributed by atoms with E-state index in [0.717, 1.165) is 12.8 Å². The second-order valence-electron chi connectivity index (χ2n) is 2.31. The molecular formula is C7H13NOS. The van der Waals surface area contributed by atoms with Gasteiger partial charge < -0.3 is 4.84 Å². The van der Waals surface area contributed by atoms with Gasteiger partial charge in [0.2, 0.25) is 0 Å². The molecule has 0 radical (unpaired) electrons. The van der Waals surface area contributed by atoms with E-state index in [1.807, 2.05) is 0 Å². The highest BCUT2D eigenvalue weighted by molar-refractivity contribution is 7.80. The van der Waals surface area contributed by atoms with Crippen LogP contribution in [0.3, 0.4) is 0 Å². The van der Waals surface area contributed by atoms with E-state index in [9.17, 15) is 0 Å². The van der Waals surface area contributed by atoms with Crippen LogP contribution in [0.1, 0.15) is 26.7 Å². The number of rotatable bonds is 4. The van der Waals surface area contributed by atoms with Gasteiger partial charge in [0.05, 0.1) is 0 Å². The molecule has 0 fully saturated rings.